The first kappa shape index (κ1) is 17.6. The van der Waals surface area contributed by atoms with Gasteiger partial charge in [0.05, 0.1) is 11.7 Å². The van der Waals surface area contributed by atoms with Crippen molar-refractivity contribution in [1.82, 2.24) is 9.55 Å². The van der Waals surface area contributed by atoms with Crippen molar-refractivity contribution in [3.8, 4) is 10.4 Å². The molecule has 8 heteroatoms. The molecule has 5 nitrogen and oxygen atoms in total. The van der Waals surface area contributed by atoms with Crippen LogP contribution in [0.1, 0.15) is 4.88 Å². The van der Waals surface area contributed by atoms with Crippen molar-refractivity contribution in [2.24, 2.45) is 0 Å². The third-order valence-electron chi connectivity index (χ3n) is 3.99. The molecule has 4 aromatic rings. The van der Waals surface area contributed by atoms with Crippen molar-refractivity contribution >= 4 is 44.5 Å². The maximum Gasteiger partial charge on any atom is 0.263 e. The zero-order valence-corrected chi connectivity index (χ0v) is 15.9. The number of rotatable bonds is 4. The van der Waals surface area contributed by atoms with Crippen molar-refractivity contribution in [3.63, 3.8) is 0 Å². The summed E-state index contributed by atoms with van der Waals surface area (Å²) in [5.74, 6) is -0.866. The van der Waals surface area contributed by atoms with Crippen molar-refractivity contribution in [1.29, 1.82) is 0 Å². The summed E-state index contributed by atoms with van der Waals surface area (Å²) < 4.78 is 14.5. The van der Waals surface area contributed by atoms with Crippen molar-refractivity contribution < 1.29 is 9.18 Å². The van der Waals surface area contributed by atoms with Crippen LogP contribution in [0.3, 0.4) is 0 Å². The Balaban J connectivity index is 1.65. The fraction of sp³-hybridized carbons (Fsp3) is 0.105. The van der Waals surface area contributed by atoms with Crippen LogP contribution in [0.2, 0.25) is 0 Å². The van der Waals surface area contributed by atoms with E-state index in [2.05, 4.69) is 10.3 Å². The summed E-state index contributed by atoms with van der Waals surface area (Å²) in [4.78, 5) is 32.3. The SMILES string of the molecule is Cc1ccc(-c2csc3ncn(CC(=O)Nc4cccc(F)c4)c(=O)c23)s1. The van der Waals surface area contributed by atoms with Crippen LogP contribution in [-0.2, 0) is 11.3 Å². The van der Waals surface area contributed by atoms with Gasteiger partial charge in [-0.1, -0.05) is 6.07 Å². The van der Waals surface area contributed by atoms with E-state index < -0.39 is 11.7 Å². The van der Waals surface area contributed by atoms with E-state index in [0.717, 1.165) is 15.3 Å². The fourth-order valence-corrected chi connectivity index (χ4v) is 4.62. The van der Waals surface area contributed by atoms with Crippen molar-refractivity contribution in [3.05, 3.63) is 69.2 Å². The molecule has 0 spiro atoms. The Morgan fingerprint density at radius 2 is 2.15 bits per heavy atom. The maximum atomic E-state index is 13.2. The topological polar surface area (TPSA) is 64.0 Å². The molecule has 4 rings (SSSR count). The number of amides is 1. The Kier molecular flexibility index (Phi) is 4.59. The second-order valence-electron chi connectivity index (χ2n) is 5.98. The summed E-state index contributed by atoms with van der Waals surface area (Å²) in [6.45, 7) is 1.81. The van der Waals surface area contributed by atoms with Crippen molar-refractivity contribution in [2.45, 2.75) is 13.5 Å². The highest BCUT2D eigenvalue weighted by Gasteiger charge is 2.15. The molecule has 0 aliphatic rings. The van der Waals surface area contributed by atoms with Gasteiger partial charge in [-0.25, -0.2) is 9.37 Å². The molecular formula is C19H14FN3O2S2. The zero-order chi connectivity index (χ0) is 19.0. The third-order valence-corrected chi connectivity index (χ3v) is 5.91. The summed E-state index contributed by atoms with van der Waals surface area (Å²) in [7, 11) is 0. The van der Waals surface area contributed by atoms with Gasteiger partial charge in [0.25, 0.3) is 5.56 Å². The molecule has 0 fully saturated rings. The van der Waals surface area contributed by atoms with Gasteiger partial charge in [0.2, 0.25) is 5.91 Å². The summed E-state index contributed by atoms with van der Waals surface area (Å²) >= 11 is 3.01. The van der Waals surface area contributed by atoms with E-state index in [-0.39, 0.29) is 12.1 Å². The number of carbonyl (C=O) groups excluding carboxylic acids is 1. The predicted octanol–water partition coefficient (Wildman–Crippen LogP) is 4.27. The highest BCUT2D eigenvalue weighted by atomic mass is 32.1. The van der Waals surface area contributed by atoms with Gasteiger partial charge < -0.3 is 5.32 Å². The van der Waals surface area contributed by atoms with E-state index in [9.17, 15) is 14.0 Å². The molecule has 3 aromatic heterocycles. The molecule has 3 heterocycles. The van der Waals surface area contributed by atoms with Gasteiger partial charge in [-0.05, 0) is 37.3 Å². The molecule has 0 aliphatic heterocycles. The number of fused-ring (bicyclic) bond motifs is 1. The van der Waals surface area contributed by atoms with Crippen molar-refractivity contribution in [2.75, 3.05) is 5.32 Å². The second kappa shape index (κ2) is 7.05. The third kappa shape index (κ3) is 3.54. The molecule has 1 N–H and O–H groups in total. The molecule has 27 heavy (non-hydrogen) atoms. The normalized spacial score (nSPS) is 11.0. The van der Waals surface area contributed by atoms with Crippen LogP contribution < -0.4 is 10.9 Å². The molecule has 0 aliphatic carbocycles. The lowest BCUT2D eigenvalue weighted by Gasteiger charge is -2.07. The number of thiophene rings is 2. The number of hydrogen-bond acceptors (Lipinski definition) is 5. The first-order chi connectivity index (χ1) is 13.0. The minimum absolute atomic E-state index is 0.197. The summed E-state index contributed by atoms with van der Waals surface area (Å²) in [5, 5.41) is 5.02. The van der Waals surface area contributed by atoms with Crippen LogP contribution in [0.5, 0.6) is 0 Å². The van der Waals surface area contributed by atoms with E-state index in [4.69, 9.17) is 0 Å². The van der Waals surface area contributed by atoms with Gasteiger partial charge in [-0.15, -0.1) is 22.7 Å². The van der Waals surface area contributed by atoms with Gasteiger partial charge in [0.15, 0.2) is 0 Å². The molecule has 0 saturated heterocycles. The smallest absolute Gasteiger partial charge is 0.263 e. The van der Waals surface area contributed by atoms with Gasteiger partial charge in [-0.2, -0.15) is 0 Å². The summed E-state index contributed by atoms with van der Waals surface area (Å²) in [5.41, 5.74) is 0.912. The largest absolute Gasteiger partial charge is 0.324 e. The number of benzene rings is 1. The van der Waals surface area contributed by atoms with Crippen LogP contribution in [-0.4, -0.2) is 15.5 Å². The van der Waals surface area contributed by atoms with E-state index in [1.54, 1.807) is 17.4 Å². The van der Waals surface area contributed by atoms with E-state index in [1.165, 1.54) is 40.4 Å². The van der Waals surface area contributed by atoms with Crippen LogP contribution in [0.25, 0.3) is 20.7 Å². The number of aryl methyl sites for hydroxylation is 1. The van der Waals surface area contributed by atoms with Crippen LogP contribution in [0.4, 0.5) is 10.1 Å². The molecule has 1 aromatic carbocycles. The monoisotopic (exact) mass is 399 g/mol. The minimum Gasteiger partial charge on any atom is -0.324 e. The zero-order valence-electron chi connectivity index (χ0n) is 14.2. The molecule has 0 saturated carbocycles. The van der Waals surface area contributed by atoms with E-state index in [0.29, 0.717) is 15.9 Å². The number of hydrogen-bond donors (Lipinski definition) is 1. The van der Waals surface area contributed by atoms with E-state index >= 15 is 0 Å². The van der Waals surface area contributed by atoms with E-state index in [1.807, 2.05) is 24.4 Å². The lowest BCUT2D eigenvalue weighted by molar-refractivity contribution is -0.116. The first-order valence-electron chi connectivity index (χ1n) is 8.10. The van der Waals surface area contributed by atoms with Crippen LogP contribution >= 0.6 is 22.7 Å². The quantitative estimate of drug-likeness (QED) is 0.557. The van der Waals surface area contributed by atoms with Gasteiger partial charge in [0, 0.05) is 26.4 Å². The molecule has 1 amide bonds. The number of halogens is 1. The number of carbonyl (C=O) groups is 1. The lowest BCUT2D eigenvalue weighted by Crippen LogP contribution is -2.27. The molecule has 0 unspecified atom stereocenters. The highest BCUT2D eigenvalue weighted by Crippen LogP contribution is 2.34. The first-order valence-corrected chi connectivity index (χ1v) is 9.80. The molecule has 136 valence electrons. The highest BCUT2D eigenvalue weighted by molar-refractivity contribution is 7.19. The maximum absolute atomic E-state index is 13.2. The Labute approximate surface area is 161 Å². The summed E-state index contributed by atoms with van der Waals surface area (Å²) in [6, 6.07) is 9.59. The lowest BCUT2D eigenvalue weighted by atomic mass is 10.2. The van der Waals surface area contributed by atoms with Gasteiger partial charge in [-0.3, -0.25) is 14.2 Å². The van der Waals surface area contributed by atoms with Gasteiger partial charge >= 0.3 is 0 Å². The Bertz CT molecular complexity index is 1210. The Morgan fingerprint density at radius 1 is 1.30 bits per heavy atom. The number of anilines is 1. The predicted molar refractivity (Wildman–Crippen MR) is 107 cm³/mol. The number of nitrogens with one attached hydrogen (secondary N) is 1. The van der Waals surface area contributed by atoms with Gasteiger partial charge in [0.1, 0.15) is 17.2 Å². The standard InChI is InChI=1S/C19H14FN3O2S2/c1-11-5-6-15(27-11)14-9-26-18-17(14)19(25)23(10-21-18)8-16(24)22-13-4-2-3-12(20)7-13/h2-7,9-10H,8H2,1H3,(H,22,24). The fourth-order valence-electron chi connectivity index (χ4n) is 2.76. The second-order valence-corrected chi connectivity index (χ2v) is 8.12. The van der Waals surface area contributed by atoms with Crippen LogP contribution in [0.15, 0.2) is 52.9 Å². The Morgan fingerprint density at radius 3 is 2.89 bits per heavy atom. The average molecular weight is 399 g/mol. The Hall–Kier alpha value is -2.84. The average Bonchev–Trinajstić information content (AvgIpc) is 3.23. The number of aromatic nitrogens is 2. The number of nitrogens with zero attached hydrogens (tertiary/aromatic N) is 2. The minimum atomic E-state index is -0.442. The van der Waals surface area contributed by atoms with Crippen LogP contribution in [0, 0.1) is 12.7 Å². The summed E-state index contributed by atoms with van der Waals surface area (Å²) in [6.07, 6.45) is 1.37. The molecule has 0 bridgehead atoms. The molecule has 0 atom stereocenters. The molecule has 0 radical (unpaired) electrons. The molecular weight excluding hydrogens is 385 g/mol.